The summed E-state index contributed by atoms with van der Waals surface area (Å²) in [5, 5.41) is 22.8. The third-order valence-electron chi connectivity index (χ3n) is 7.14. The summed E-state index contributed by atoms with van der Waals surface area (Å²) in [7, 11) is 0. The van der Waals surface area contributed by atoms with E-state index in [-0.39, 0.29) is 23.3 Å². The largest absolute Gasteiger partial charge is 0.390 e. The molecule has 36 heavy (non-hydrogen) atoms. The lowest BCUT2D eigenvalue weighted by atomic mass is 9.77. The Balaban J connectivity index is 1.76. The third-order valence-corrected chi connectivity index (χ3v) is 7.14. The molecule has 8 nitrogen and oxygen atoms in total. The average Bonchev–Trinajstić information content (AvgIpc) is 3.30. The van der Waals surface area contributed by atoms with Gasteiger partial charge in [0, 0.05) is 36.2 Å². The van der Waals surface area contributed by atoms with E-state index in [0.717, 1.165) is 12.0 Å². The molecule has 1 aliphatic heterocycles. The van der Waals surface area contributed by atoms with E-state index >= 15 is 0 Å². The molecule has 1 aromatic heterocycles. The van der Waals surface area contributed by atoms with E-state index in [1.54, 1.807) is 31.5 Å². The summed E-state index contributed by atoms with van der Waals surface area (Å²) >= 11 is 0. The van der Waals surface area contributed by atoms with Gasteiger partial charge in [0.1, 0.15) is 12.1 Å². The number of amides is 2. The molecule has 8 heteroatoms. The van der Waals surface area contributed by atoms with Gasteiger partial charge in [0.25, 0.3) is 5.91 Å². The number of benzene rings is 1. The molecule has 2 heterocycles. The summed E-state index contributed by atoms with van der Waals surface area (Å²) in [5.41, 5.74) is 1.41. The van der Waals surface area contributed by atoms with Crippen LogP contribution in [0.15, 0.2) is 48.8 Å². The van der Waals surface area contributed by atoms with Crippen LogP contribution >= 0.6 is 0 Å². The second-order valence-electron chi connectivity index (χ2n) is 11.3. The molecule has 2 amide bonds. The van der Waals surface area contributed by atoms with Gasteiger partial charge in [-0.25, -0.2) is 0 Å². The predicted octanol–water partition coefficient (Wildman–Crippen LogP) is 3.43. The standard InChI is InChI=1S/C28H35N5O3/c1-27(2,3)20-9-11-22(12-10-20)33(26(35)23-8-6-14-32(23)18-29)24(19-7-5-13-30-17-19)25(34)31-21-15-28(4,36)16-21/h5,7,9-13,17,21,23-24,36H,6,8,14-16H2,1-4H3,(H,31,34)/t21-,23-,24?,28+/m1/s1. The van der Waals surface area contributed by atoms with E-state index in [0.29, 0.717) is 37.1 Å². The molecule has 1 unspecified atom stereocenters. The molecule has 1 aliphatic carbocycles. The van der Waals surface area contributed by atoms with Crippen molar-refractivity contribution in [2.45, 2.75) is 82.5 Å². The van der Waals surface area contributed by atoms with E-state index < -0.39 is 17.7 Å². The molecular weight excluding hydrogens is 454 g/mol. The summed E-state index contributed by atoms with van der Waals surface area (Å²) in [6, 6.07) is 9.45. The lowest BCUT2D eigenvalue weighted by Crippen LogP contribution is -2.57. The van der Waals surface area contributed by atoms with Crippen molar-refractivity contribution in [1.82, 2.24) is 15.2 Å². The minimum absolute atomic E-state index is 0.0717. The second kappa shape index (κ2) is 9.90. The third kappa shape index (κ3) is 5.36. The molecule has 190 valence electrons. The van der Waals surface area contributed by atoms with E-state index in [4.69, 9.17) is 0 Å². The van der Waals surface area contributed by atoms with Crippen LogP contribution in [0.1, 0.15) is 70.5 Å². The number of carbonyl (C=O) groups is 2. The molecule has 0 spiro atoms. The fourth-order valence-electron chi connectivity index (χ4n) is 5.17. The van der Waals surface area contributed by atoms with Crippen molar-refractivity contribution < 1.29 is 14.7 Å². The zero-order valence-electron chi connectivity index (χ0n) is 21.4. The van der Waals surface area contributed by atoms with E-state index in [1.807, 2.05) is 24.3 Å². The highest BCUT2D eigenvalue weighted by Gasteiger charge is 2.43. The molecule has 4 rings (SSSR count). The van der Waals surface area contributed by atoms with Crippen LogP contribution in [0.3, 0.4) is 0 Å². The molecule has 2 aromatic rings. The summed E-state index contributed by atoms with van der Waals surface area (Å²) in [6.45, 7) is 8.62. The van der Waals surface area contributed by atoms with Gasteiger partial charge >= 0.3 is 0 Å². The molecule has 2 N–H and O–H groups in total. The van der Waals surface area contributed by atoms with Gasteiger partial charge in [0.15, 0.2) is 6.19 Å². The van der Waals surface area contributed by atoms with Crippen molar-refractivity contribution in [1.29, 1.82) is 5.26 Å². The number of carbonyl (C=O) groups excluding carboxylic acids is 2. The monoisotopic (exact) mass is 489 g/mol. The molecule has 1 saturated heterocycles. The van der Waals surface area contributed by atoms with Gasteiger partial charge in [-0.05, 0) is 61.8 Å². The number of nitriles is 1. The highest BCUT2D eigenvalue weighted by atomic mass is 16.3. The SMILES string of the molecule is CC(C)(C)c1ccc(N(C(=O)[C@H]2CCCN2C#N)C(C(=O)N[C@H]2C[C@@](C)(O)C2)c2cccnc2)cc1. The van der Waals surface area contributed by atoms with Crippen LogP contribution in [0, 0.1) is 11.5 Å². The van der Waals surface area contributed by atoms with Crippen molar-refractivity contribution in [3.8, 4) is 6.19 Å². The number of nitrogens with zero attached hydrogens (tertiary/aromatic N) is 4. The van der Waals surface area contributed by atoms with Gasteiger partial charge in [-0.3, -0.25) is 24.4 Å². The van der Waals surface area contributed by atoms with E-state index in [1.165, 1.54) is 9.80 Å². The first-order valence-electron chi connectivity index (χ1n) is 12.5. The maximum atomic E-state index is 14.1. The zero-order chi connectivity index (χ0) is 26.1. The van der Waals surface area contributed by atoms with Crippen LogP contribution in [-0.2, 0) is 15.0 Å². The fourth-order valence-corrected chi connectivity index (χ4v) is 5.17. The highest BCUT2D eigenvalue weighted by molar-refractivity contribution is 6.04. The smallest absolute Gasteiger partial charge is 0.251 e. The van der Waals surface area contributed by atoms with E-state index in [2.05, 4.69) is 37.3 Å². The highest BCUT2D eigenvalue weighted by Crippen LogP contribution is 2.35. The van der Waals surface area contributed by atoms with Crippen molar-refractivity contribution in [2.24, 2.45) is 0 Å². The Hall–Kier alpha value is -3.44. The minimum Gasteiger partial charge on any atom is -0.390 e. The number of pyridine rings is 1. The van der Waals surface area contributed by atoms with Crippen LogP contribution < -0.4 is 10.2 Å². The summed E-state index contributed by atoms with van der Waals surface area (Å²) in [4.78, 5) is 35.1. The normalized spacial score (nSPS) is 24.4. The van der Waals surface area contributed by atoms with Crippen LogP contribution in [0.5, 0.6) is 0 Å². The van der Waals surface area contributed by atoms with Crippen molar-refractivity contribution in [2.75, 3.05) is 11.4 Å². The maximum absolute atomic E-state index is 14.1. The Kier molecular flexibility index (Phi) is 7.05. The molecule has 0 bridgehead atoms. The molecule has 1 saturated carbocycles. The van der Waals surface area contributed by atoms with Gasteiger partial charge in [-0.15, -0.1) is 0 Å². The quantitative estimate of drug-likeness (QED) is 0.602. The Bertz CT molecular complexity index is 1130. The number of aliphatic hydroxyl groups is 1. The van der Waals surface area contributed by atoms with Crippen LogP contribution in [0.4, 0.5) is 5.69 Å². The van der Waals surface area contributed by atoms with Crippen LogP contribution in [0.25, 0.3) is 0 Å². The molecule has 2 aliphatic rings. The summed E-state index contributed by atoms with van der Waals surface area (Å²) in [5.74, 6) is -0.625. The Morgan fingerprint density at radius 2 is 1.94 bits per heavy atom. The number of nitrogens with one attached hydrogen (secondary N) is 1. The van der Waals surface area contributed by atoms with E-state index in [9.17, 15) is 20.0 Å². The molecule has 1 aromatic carbocycles. The zero-order valence-corrected chi connectivity index (χ0v) is 21.4. The van der Waals surface area contributed by atoms with Crippen molar-refractivity contribution >= 4 is 17.5 Å². The second-order valence-corrected chi connectivity index (χ2v) is 11.3. The first-order valence-corrected chi connectivity index (χ1v) is 12.5. The van der Waals surface area contributed by atoms with Crippen molar-refractivity contribution in [3.63, 3.8) is 0 Å². The predicted molar refractivity (Wildman–Crippen MR) is 137 cm³/mol. The Morgan fingerprint density at radius 3 is 2.50 bits per heavy atom. The Labute approximate surface area is 212 Å². The van der Waals surface area contributed by atoms with Gasteiger partial charge in [0.2, 0.25) is 5.91 Å². The molecular formula is C28H35N5O3. The van der Waals surface area contributed by atoms with Gasteiger partial charge in [-0.2, -0.15) is 5.26 Å². The number of likely N-dealkylation sites (tertiary alicyclic amines) is 1. The van der Waals surface area contributed by atoms with Gasteiger partial charge in [-0.1, -0.05) is 39.0 Å². The van der Waals surface area contributed by atoms with Crippen LogP contribution in [-0.4, -0.2) is 51.0 Å². The topological polar surface area (TPSA) is 110 Å². The van der Waals surface area contributed by atoms with Crippen LogP contribution in [0.2, 0.25) is 0 Å². The summed E-state index contributed by atoms with van der Waals surface area (Å²) in [6.07, 6.45) is 7.57. The number of rotatable bonds is 6. The minimum atomic E-state index is -0.974. The average molecular weight is 490 g/mol. The van der Waals surface area contributed by atoms with Crippen molar-refractivity contribution in [3.05, 3.63) is 59.9 Å². The number of hydrogen-bond acceptors (Lipinski definition) is 6. The maximum Gasteiger partial charge on any atom is 0.251 e. The lowest BCUT2D eigenvalue weighted by Gasteiger charge is -2.42. The lowest BCUT2D eigenvalue weighted by molar-refractivity contribution is -0.130. The number of aromatic nitrogens is 1. The van der Waals surface area contributed by atoms with Gasteiger partial charge in [0.05, 0.1) is 5.60 Å². The number of anilines is 1. The van der Waals surface area contributed by atoms with Gasteiger partial charge < -0.3 is 10.4 Å². The fraction of sp³-hybridized carbons (Fsp3) is 0.500. The first-order chi connectivity index (χ1) is 17.0. The molecule has 0 radical (unpaired) electrons. The molecule has 2 atom stereocenters. The summed E-state index contributed by atoms with van der Waals surface area (Å²) < 4.78 is 0. The Morgan fingerprint density at radius 1 is 1.25 bits per heavy atom. The number of hydrogen-bond donors (Lipinski definition) is 2. The molecule has 2 fully saturated rings. The first kappa shape index (κ1) is 25.6.